The van der Waals surface area contributed by atoms with Crippen LogP contribution in [0.3, 0.4) is 0 Å². The molecule has 1 atom stereocenters. The molecule has 0 aliphatic heterocycles. The van der Waals surface area contributed by atoms with Crippen molar-refractivity contribution in [1.29, 1.82) is 0 Å². The van der Waals surface area contributed by atoms with Crippen molar-refractivity contribution in [1.82, 2.24) is 0 Å². The number of carboxylic acids is 1. The van der Waals surface area contributed by atoms with Crippen LogP contribution in [0.1, 0.15) is 5.56 Å². The van der Waals surface area contributed by atoms with E-state index < -0.39 is 12.0 Å². The van der Waals surface area contributed by atoms with Crippen LogP contribution in [0.5, 0.6) is 0 Å². The maximum atomic E-state index is 10.4. The number of nitrogens with two attached hydrogens (primary N) is 1. The van der Waals surface area contributed by atoms with Gasteiger partial charge in [-0.05, 0) is 5.56 Å². The molecule has 0 bridgehead atoms. The second kappa shape index (κ2) is 6.76. The zero-order valence-electron chi connectivity index (χ0n) is 8.13. The smallest absolute Gasteiger partial charge is 0.321 e. The number of hydrogen-bond donors (Lipinski definition) is 2. The fourth-order valence-corrected chi connectivity index (χ4v) is 3.06. The number of hydrogen-bond acceptors (Lipinski definition) is 4. The molecular formula is C10H13NO2S2. The average molecular weight is 243 g/mol. The van der Waals surface area contributed by atoms with Crippen LogP contribution < -0.4 is 5.73 Å². The third-order valence-electron chi connectivity index (χ3n) is 1.72. The molecule has 0 fully saturated rings. The Morgan fingerprint density at radius 3 is 2.60 bits per heavy atom. The Kier molecular flexibility index (Phi) is 5.60. The van der Waals surface area contributed by atoms with Gasteiger partial charge in [0.15, 0.2) is 0 Å². The minimum atomic E-state index is -0.942. The van der Waals surface area contributed by atoms with Crippen LogP contribution in [0.4, 0.5) is 0 Å². The first-order valence-electron chi connectivity index (χ1n) is 4.47. The quantitative estimate of drug-likeness (QED) is 0.591. The van der Waals surface area contributed by atoms with Crippen molar-refractivity contribution in [2.75, 3.05) is 5.75 Å². The summed E-state index contributed by atoms with van der Waals surface area (Å²) < 4.78 is 0. The van der Waals surface area contributed by atoms with Gasteiger partial charge >= 0.3 is 5.97 Å². The maximum absolute atomic E-state index is 10.4. The minimum absolute atomic E-state index is 0.437. The van der Waals surface area contributed by atoms with E-state index in [0.717, 1.165) is 5.75 Å². The number of carboxylic acid groups (broad SMARTS) is 1. The molecule has 0 aliphatic rings. The van der Waals surface area contributed by atoms with Gasteiger partial charge in [-0.1, -0.05) is 51.9 Å². The van der Waals surface area contributed by atoms with Gasteiger partial charge in [-0.3, -0.25) is 4.79 Å². The van der Waals surface area contributed by atoms with Gasteiger partial charge < -0.3 is 10.8 Å². The first-order valence-corrected chi connectivity index (χ1v) is 6.95. The Labute approximate surface area is 96.8 Å². The topological polar surface area (TPSA) is 63.3 Å². The van der Waals surface area contributed by atoms with Crippen molar-refractivity contribution >= 4 is 27.6 Å². The van der Waals surface area contributed by atoms with E-state index in [9.17, 15) is 4.79 Å². The highest BCUT2D eigenvalue weighted by Gasteiger charge is 2.10. The molecule has 1 rings (SSSR count). The van der Waals surface area contributed by atoms with E-state index in [0.29, 0.717) is 5.75 Å². The van der Waals surface area contributed by atoms with E-state index in [1.807, 2.05) is 30.3 Å². The van der Waals surface area contributed by atoms with Crippen molar-refractivity contribution in [2.24, 2.45) is 5.73 Å². The second-order valence-electron chi connectivity index (χ2n) is 2.98. The van der Waals surface area contributed by atoms with Gasteiger partial charge in [0.25, 0.3) is 0 Å². The summed E-state index contributed by atoms with van der Waals surface area (Å²) in [6.07, 6.45) is 0. The fourth-order valence-electron chi connectivity index (χ4n) is 0.877. The lowest BCUT2D eigenvalue weighted by atomic mass is 10.2. The van der Waals surface area contributed by atoms with Gasteiger partial charge in [-0.2, -0.15) is 0 Å². The van der Waals surface area contributed by atoms with E-state index in [4.69, 9.17) is 10.8 Å². The van der Waals surface area contributed by atoms with Gasteiger partial charge in [-0.25, -0.2) is 0 Å². The van der Waals surface area contributed by atoms with Crippen LogP contribution >= 0.6 is 21.6 Å². The van der Waals surface area contributed by atoms with Crippen molar-refractivity contribution in [3.63, 3.8) is 0 Å². The lowest BCUT2D eigenvalue weighted by Crippen LogP contribution is -2.32. The highest BCUT2D eigenvalue weighted by molar-refractivity contribution is 8.76. The molecule has 0 saturated carbocycles. The molecule has 0 aliphatic carbocycles. The lowest BCUT2D eigenvalue weighted by Gasteiger charge is -2.05. The molecule has 0 heterocycles. The number of benzene rings is 1. The summed E-state index contributed by atoms with van der Waals surface area (Å²) in [7, 11) is 3.12. The van der Waals surface area contributed by atoms with E-state index >= 15 is 0 Å². The molecule has 0 aromatic heterocycles. The summed E-state index contributed by atoms with van der Waals surface area (Å²) in [4.78, 5) is 10.4. The summed E-state index contributed by atoms with van der Waals surface area (Å²) in [5, 5.41) is 8.55. The normalized spacial score (nSPS) is 12.3. The largest absolute Gasteiger partial charge is 0.480 e. The van der Waals surface area contributed by atoms with E-state index in [2.05, 4.69) is 0 Å². The van der Waals surface area contributed by atoms with Crippen LogP contribution in [-0.2, 0) is 10.5 Å². The summed E-state index contributed by atoms with van der Waals surface area (Å²) in [5.74, 6) is 0.368. The third-order valence-corrected chi connectivity index (χ3v) is 4.09. The zero-order valence-corrected chi connectivity index (χ0v) is 9.76. The SMILES string of the molecule is N[C@@H](CSSCc1ccccc1)C(=O)O. The Morgan fingerprint density at radius 1 is 1.33 bits per heavy atom. The molecule has 0 saturated heterocycles. The Hall–Kier alpha value is -0.650. The van der Waals surface area contributed by atoms with Crippen LogP contribution in [0.2, 0.25) is 0 Å². The minimum Gasteiger partial charge on any atom is -0.480 e. The molecule has 1 aromatic rings. The van der Waals surface area contributed by atoms with Gasteiger partial charge in [0.2, 0.25) is 0 Å². The monoisotopic (exact) mass is 243 g/mol. The van der Waals surface area contributed by atoms with E-state index in [1.165, 1.54) is 16.4 Å². The molecule has 3 N–H and O–H groups in total. The zero-order chi connectivity index (χ0) is 11.1. The number of carbonyl (C=O) groups is 1. The highest BCUT2D eigenvalue weighted by Crippen LogP contribution is 2.25. The molecule has 0 spiro atoms. The van der Waals surface area contributed by atoms with Crippen LogP contribution in [-0.4, -0.2) is 22.9 Å². The predicted octanol–water partition coefficient (Wildman–Crippen LogP) is 1.98. The standard InChI is InChI=1S/C10H13NO2S2/c11-9(10(12)13)7-15-14-6-8-4-2-1-3-5-8/h1-5,9H,6-7,11H2,(H,12,13)/t9-/m0/s1. The van der Waals surface area contributed by atoms with Gasteiger partial charge in [0.05, 0.1) is 0 Å². The van der Waals surface area contributed by atoms with E-state index in [-0.39, 0.29) is 0 Å². The van der Waals surface area contributed by atoms with Crippen molar-refractivity contribution in [3.8, 4) is 0 Å². The van der Waals surface area contributed by atoms with Crippen LogP contribution in [0, 0.1) is 0 Å². The summed E-state index contributed by atoms with van der Waals surface area (Å²) in [5.41, 5.74) is 6.60. The third kappa shape index (κ3) is 5.11. The second-order valence-corrected chi connectivity index (χ2v) is 5.48. The molecule has 0 radical (unpaired) electrons. The van der Waals surface area contributed by atoms with Crippen LogP contribution in [0.15, 0.2) is 30.3 Å². The van der Waals surface area contributed by atoms with Crippen molar-refractivity contribution in [3.05, 3.63) is 35.9 Å². The predicted molar refractivity (Wildman–Crippen MR) is 65.8 cm³/mol. The Morgan fingerprint density at radius 2 is 2.00 bits per heavy atom. The Balaban J connectivity index is 2.15. The van der Waals surface area contributed by atoms with Crippen molar-refractivity contribution < 1.29 is 9.90 Å². The summed E-state index contributed by atoms with van der Waals surface area (Å²) >= 11 is 0. The number of rotatable bonds is 6. The van der Waals surface area contributed by atoms with Gasteiger partial charge in [0.1, 0.15) is 6.04 Å². The molecule has 1 aromatic carbocycles. The molecule has 82 valence electrons. The van der Waals surface area contributed by atoms with E-state index in [1.54, 1.807) is 10.8 Å². The molecule has 5 heteroatoms. The molecular weight excluding hydrogens is 230 g/mol. The summed E-state index contributed by atoms with van der Waals surface area (Å²) in [6, 6.07) is 9.28. The Bertz CT molecular complexity index is 306. The van der Waals surface area contributed by atoms with Gasteiger partial charge in [-0.15, -0.1) is 0 Å². The van der Waals surface area contributed by atoms with Crippen LogP contribution in [0.25, 0.3) is 0 Å². The van der Waals surface area contributed by atoms with Gasteiger partial charge in [0, 0.05) is 11.5 Å². The summed E-state index contributed by atoms with van der Waals surface area (Å²) in [6.45, 7) is 0. The number of aliphatic carboxylic acids is 1. The molecule has 3 nitrogen and oxygen atoms in total. The molecule has 0 amide bonds. The molecule has 0 unspecified atom stereocenters. The molecule has 15 heavy (non-hydrogen) atoms. The fraction of sp³-hybridized carbons (Fsp3) is 0.300. The lowest BCUT2D eigenvalue weighted by molar-refractivity contribution is -0.137. The highest BCUT2D eigenvalue weighted by atomic mass is 33.1. The van der Waals surface area contributed by atoms with Crippen molar-refractivity contribution in [2.45, 2.75) is 11.8 Å². The first-order chi connectivity index (χ1) is 7.20. The maximum Gasteiger partial charge on any atom is 0.321 e. The average Bonchev–Trinajstić information content (AvgIpc) is 2.25. The first kappa shape index (κ1) is 12.4.